The number of nitrogens with one attached hydrogen (secondary N) is 1. The summed E-state index contributed by atoms with van der Waals surface area (Å²) in [5.41, 5.74) is 2.07. The lowest BCUT2D eigenvalue weighted by atomic mass is 10.2. The highest BCUT2D eigenvalue weighted by molar-refractivity contribution is 7.15. The zero-order valence-electron chi connectivity index (χ0n) is 14.6. The van der Waals surface area contributed by atoms with Gasteiger partial charge in [-0.1, -0.05) is 19.1 Å². The fraction of sp³-hybridized carbons (Fsp3) is 0.368. The molecule has 0 saturated heterocycles. The highest BCUT2D eigenvalue weighted by Crippen LogP contribution is 2.27. The molecule has 25 heavy (non-hydrogen) atoms. The molecule has 1 aromatic heterocycles. The van der Waals surface area contributed by atoms with E-state index in [9.17, 15) is 4.79 Å². The van der Waals surface area contributed by atoms with Crippen LogP contribution < -0.4 is 10.1 Å². The fourth-order valence-electron chi connectivity index (χ4n) is 2.59. The SMILES string of the molecule is CCCOc1ccc(/C=C/C(=O)Nc2nc3c(s2)CN(C)CC3)cc1. The molecule has 1 aliphatic rings. The molecule has 132 valence electrons. The van der Waals surface area contributed by atoms with Crippen LogP contribution in [0.2, 0.25) is 0 Å². The highest BCUT2D eigenvalue weighted by Gasteiger charge is 2.18. The van der Waals surface area contributed by atoms with E-state index in [2.05, 4.69) is 29.2 Å². The Hall–Kier alpha value is -2.18. The molecule has 5 nitrogen and oxygen atoms in total. The molecule has 0 radical (unpaired) electrons. The Morgan fingerprint density at radius 1 is 1.40 bits per heavy atom. The Balaban J connectivity index is 1.56. The van der Waals surface area contributed by atoms with Crippen LogP contribution in [0.25, 0.3) is 6.08 Å². The lowest BCUT2D eigenvalue weighted by molar-refractivity contribution is -0.111. The molecule has 0 saturated carbocycles. The second-order valence-electron chi connectivity index (χ2n) is 6.12. The summed E-state index contributed by atoms with van der Waals surface area (Å²) in [6.45, 7) is 4.71. The van der Waals surface area contributed by atoms with Gasteiger partial charge in [0, 0.05) is 30.5 Å². The molecular formula is C19H23N3O2S. The molecule has 2 aromatic rings. The van der Waals surface area contributed by atoms with Crippen LogP contribution >= 0.6 is 11.3 Å². The summed E-state index contributed by atoms with van der Waals surface area (Å²) >= 11 is 1.56. The Bertz CT molecular complexity index is 753. The first-order valence-electron chi connectivity index (χ1n) is 8.53. The van der Waals surface area contributed by atoms with Gasteiger partial charge < -0.3 is 9.64 Å². The number of likely N-dealkylation sites (N-methyl/N-ethyl adjacent to an activating group) is 1. The van der Waals surface area contributed by atoms with Gasteiger partial charge in [-0.3, -0.25) is 10.1 Å². The largest absolute Gasteiger partial charge is 0.494 e. The zero-order chi connectivity index (χ0) is 17.6. The number of nitrogens with zero attached hydrogens (tertiary/aromatic N) is 2. The molecule has 6 heteroatoms. The van der Waals surface area contributed by atoms with Crippen LogP contribution in [0.4, 0.5) is 5.13 Å². The van der Waals surface area contributed by atoms with E-state index in [4.69, 9.17) is 4.74 Å². The first-order chi connectivity index (χ1) is 12.1. The first kappa shape index (κ1) is 17.6. The third-order valence-electron chi connectivity index (χ3n) is 3.93. The number of fused-ring (bicyclic) bond motifs is 1. The third-order valence-corrected chi connectivity index (χ3v) is 4.93. The lowest BCUT2D eigenvalue weighted by Crippen LogP contribution is -2.25. The molecule has 1 aromatic carbocycles. The average molecular weight is 357 g/mol. The third kappa shape index (κ3) is 4.90. The monoisotopic (exact) mass is 357 g/mol. The van der Waals surface area contributed by atoms with Crippen LogP contribution in [0.1, 0.15) is 29.5 Å². The van der Waals surface area contributed by atoms with Gasteiger partial charge in [0.15, 0.2) is 5.13 Å². The summed E-state index contributed by atoms with van der Waals surface area (Å²) in [6, 6.07) is 7.71. The smallest absolute Gasteiger partial charge is 0.250 e. The summed E-state index contributed by atoms with van der Waals surface area (Å²) in [5, 5.41) is 3.54. The number of anilines is 1. The van der Waals surface area contributed by atoms with Crippen LogP contribution in [-0.2, 0) is 17.8 Å². The van der Waals surface area contributed by atoms with Crippen molar-refractivity contribution in [2.24, 2.45) is 0 Å². The molecular weight excluding hydrogens is 334 g/mol. The highest BCUT2D eigenvalue weighted by atomic mass is 32.1. The molecule has 0 atom stereocenters. The maximum Gasteiger partial charge on any atom is 0.250 e. The van der Waals surface area contributed by atoms with E-state index < -0.39 is 0 Å². The number of benzene rings is 1. The standard InChI is InChI=1S/C19H23N3O2S/c1-3-12-24-15-7-4-14(5-8-15)6-9-18(23)21-19-20-16-10-11-22(2)13-17(16)25-19/h4-9H,3,10-13H2,1-2H3,(H,20,21,23)/b9-6+. The molecule has 1 aliphatic heterocycles. The number of ether oxygens (including phenoxy) is 1. The van der Waals surface area contributed by atoms with Crippen molar-refractivity contribution >= 4 is 28.5 Å². The summed E-state index contributed by atoms with van der Waals surface area (Å²) < 4.78 is 5.55. The lowest BCUT2D eigenvalue weighted by Gasteiger charge is -2.20. The number of rotatable bonds is 6. The fourth-order valence-corrected chi connectivity index (χ4v) is 3.68. The minimum Gasteiger partial charge on any atom is -0.494 e. The van der Waals surface area contributed by atoms with Crippen molar-refractivity contribution in [3.63, 3.8) is 0 Å². The summed E-state index contributed by atoms with van der Waals surface area (Å²) in [5.74, 6) is 0.688. The minimum atomic E-state index is -0.161. The van der Waals surface area contributed by atoms with Crippen LogP contribution in [0.3, 0.4) is 0 Å². The number of carbonyl (C=O) groups is 1. The normalized spacial score (nSPS) is 14.5. The van der Waals surface area contributed by atoms with E-state index >= 15 is 0 Å². The molecule has 1 N–H and O–H groups in total. The van der Waals surface area contributed by atoms with Crippen molar-refractivity contribution < 1.29 is 9.53 Å². The maximum atomic E-state index is 12.1. The zero-order valence-corrected chi connectivity index (χ0v) is 15.4. The first-order valence-corrected chi connectivity index (χ1v) is 9.34. The van der Waals surface area contributed by atoms with Crippen molar-refractivity contribution in [2.45, 2.75) is 26.3 Å². The minimum absolute atomic E-state index is 0.161. The summed E-state index contributed by atoms with van der Waals surface area (Å²) in [6.07, 6.45) is 5.26. The van der Waals surface area contributed by atoms with Gasteiger partial charge in [-0.15, -0.1) is 11.3 Å². The van der Waals surface area contributed by atoms with E-state index in [1.165, 1.54) is 11.0 Å². The molecule has 0 aliphatic carbocycles. The number of carbonyl (C=O) groups excluding carboxylic acids is 1. The molecule has 3 rings (SSSR count). The van der Waals surface area contributed by atoms with Gasteiger partial charge in [0.2, 0.25) is 5.91 Å². The Morgan fingerprint density at radius 2 is 2.20 bits per heavy atom. The number of amides is 1. The Labute approximate surface area is 152 Å². The molecule has 2 heterocycles. The quantitative estimate of drug-likeness (QED) is 0.803. The van der Waals surface area contributed by atoms with Crippen LogP contribution in [0.5, 0.6) is 5.75 Å². The summed E-state index contributed by atoms with van der Waals surface area (Å²) in [7, 11) is 2.10. The van der Waals surface area contributed by atoms with Gasteiger partial charge in [0.1, 0.15) is 5.75 Å². The topological polar surface area (TPSA) is 54.5 Å². The molecule has 0 bridgehead atoms. The predicted octanol–water partition coefficient (Wildman–Crippen LogP) is 3.57. The molecule has 0 spiro atoms. The molecule has 0 unspecified atom stereocenters. The van der Waals surface area contributed by atoms with Gasteiger partial charge in [0.05, 0.1) is 12.3 Å². The van der Waals surface area contributed by atoms with E-state index in [0.29, 0.717) is 11.7 Å². The van der Waals surface area contributed by atoms with Crippen LogP contribution in [0, 0.1) is 0 Å². The molecule has 1 amide bonds. The summed E-state index contributed by atoms with van der Waals surface area (Å²) in [4.78, 5) is 20.1. The molecule has 0 fully saturated rings. The second kappa shape index (κ2) is 8.27. The predicted molar refractivity (Wildman–Crippen MR) is 102 cm³/mol. The average Bonchev–Trinajstić information content (AvgIpc) is 3.00. The van der Waals surface area contributed by atoms with Crippen LogP contribution in [-0.4, -0.2) is 36.0 Å². The van der Waals surface area contributed by atoms with E-state index in [1.807, 2.05) is 24.3 Å². The van der Waals surface area contributed by atoms with Gasteiger partial charge in [-0.25, -0.2) is 4.98 Å². The van der Waals surface area contributed by atoms with Crippen molar-refractivity contribution in [1.29, 1.82) is 0 Å². The number of hydrogen-bond donors (Lipinski definition) is 1. The van der Waals surface area contributed by atoms with Crippen molar-refractivity contribution in [1.82, 2.24) is 9.88 Å². The Kier molecular flexibility index (Phi) is 5.83. The van der Waals surface area contributed by atoms with Gasteiger partial charge in [-0.2, -0.15) is 0 Å². The maximum absolute atomic E-state index is 12.1. The number of aromatic nitrogens is 1. The van der Waals surface area contributed by atoms with E-state index in [-0.39, 0.29) is 5.91 Å². The number of hydrogen-bond acceptors (Lipinski definition) is 5. The Morgan fingerprint density at radius 3 is 2.96 bits per heavy atom. The van der Waals surface area contributed by atoms with Crippen molar-refractivity contribution in [3.8, 4) is 5.75 Å². The van der Waals surface area contributed by atoms with Crippen molar-refractivity contribution in [3.05, 3.63) is 46.5 Å². The van der Waals surface area contributed by atoms with Gasteiger partial charge in [-0.05, 0) is 37.2 Å². The number of thiazole rings is 1. The van der Waals surface area contributed by atoms with Crippen LogP contribution in [0.15, 0.2) is 30.3 Å². The van der Waals surface area contributed by atoms with Gasteiger partial charge in [0.25, 0.3) is 0 Å². The van der Waals surface area contributed by atoms with E-state index in [1.54, 1.807) is 17.4 Å². The second-order valence-corrected chi connectivity index (χ2v) is 7.20. The van der Waals surface area contributed by atoms with Gasteiger partial charge >= 0.3 is 0 Å². The van der Waals surface area contributed by atoms with Crippen molar-refractivity contribution in [2.75, 3.05) is 25.5 Å². The van der Waals surface area contributed by atoms with E-state index in [0.717, 1.165) is 42.9 Å².